The van der Waals surface area contributed by atoms with Crippen LogP contribution in [0.25, 0.3) is 0 Å². The summed E-state index contributed by atoms with van der Waals surface area (Å²) >= 11 is 0. The summed E-state index contributed by atoms with van der Waals surface area (Å²) in [5.41, 5.74) is -1.55. The first-order valence-electron chi connectivity index (χ1n) is 5.99. The van der Waals surface area contributed by atoms with E-state index in [1.54, 1.807) is 0 Å². The van der Waals surface area contributed by atoms with Crippen LogP contribution in [-0.4, -0.2) is 21.5 Å². The fourth-order valence-corrected chi connectivity index (χ4v) is 1.89. The van der Waals surface area contributed by atoms with Crippen molar-refractivity contribution in [3.8, 4) is 11.5 Å². The highest BCUT2D eigenvalue weighted by atomic mass is 19.2. The second-order valence-electron chi connectivity index (χ2n) is 4.22. The topological polar surface area (TPSA) is 18.5 Å². The molecule has 0 aliphatic rings. The maximum Gasteiger partial charge on any atom is 0.207 e. The van der Waals surface area contributed by atoms with Gasteiger partial charge in [-0.25, -0.2) is 22.0 Å². The van der Waals surface area contributed by atoms with Gasteiger partial charge in [-0.1, -0.05) is 0 Å². The number of halogens is 5. The minimum absolute atomic E-state index is 0.303. The first kappa shape index (κ1) is 16.1. The molecule has 0 spiro atoms. The molecule has 1 radical (unpaired) electrons. The molecule has 0 atom stereocenters. The van der Waals surface area contributed by atoms with E-state index >= 15 is 0 Å². The van der Waals surface area contributed by atoms with Crippen molar-refractivity contribution >= 4 is 18.2 Å². The molecule has 2 nitrogen and oxygen atoms in total. The van der Waals surface area contributed by atoms with E-state index in [-0.39, 0.29) is 5.75 Å². The molecule has 0 saturated heterocycles. The number of hydrogen-bond donors (Lipinski definition) is 0. The maximum atomic E-state index is 14.0. The van der Waals surface area contributed by atoms with Crippen LogP contribution in [-0.2, 0) is 0 Å². The zero-order chi connectivity index (χ0) is 16.4. The molecule has 22 heavy (non-hydrogen) atoms. The lowest BCUT2D eigenvalue weighted by Gasteiger charge is -2.12. The van der Waals surface area contributed by atoms with E-state index in [9.17, 15) is 22.0 Å². The van der Waals surface area contributed by atoms with E-state index in [1.165, 1.54) is 0 Å². The van der Waals surface area contributed by atoms with Crippen molar-refractivity contribution in [2.45, 2.75) is 0 Å². The lowest BCUT2D eigenvalue weighted by molar-refractivity contribution is 0.358. The molecule has 8 heteroatoms. The Morgan fingerprint density at radius 1 is 0.773 bits per heavy atom. The van der Waals surface area contributed by atoms with Crippen molar-refractivity contribution in [2.75, 3.05) is 14.2 Å². The van der Waals surface area contributed by atoms with Crippen molar-refractivity contribution in [3.63, 3.8) is 0 Å². The van der Waals surface area contributed by atoms with Gasteiger partial charge in [-0.15, -0.1) is 0 Å². The number of hydrogen-bond acceptors (Lipinski definition) is 2. The fraction of sp³-hybridized carbons (Fsp3) is 0.143. The van der Waals surface area contributed by atoms with Crippen molar-refractivity contribution < 1.29 is 31.4 Å². The summed E-state index contributed by atoms with van der Waals surface area (Å²) in [6, 6.07) is 2.27. The van der Waals surface area contributed by atoms with Crippen LogP contribution in [0.5, 0.6) is 11.5 Å². The molecule has 0 amide bonds. The smallest absolute Gasteiger partial charge is 0.207 e. The van der Waals surface area contributed by atoms with Gasteiger partial charge in [0.15, 0.2) is 29.0 Å². The lowest BCUT2D eigenvalue weighted by Crippen LogP contribution is -2.37. The van der Waals surface area contributed by atoms with E-state index in [0.717, 1.165) is 26.4 Å². The maximum absolute atomic E-state index is 14.0. The predicted molar refractivity (Wildman–Crippen MR) is 70.8 cm³/mol. The number of rotatable bonds is 4. The molecule has 0 unspecified atom stereocenters. The third-order valence-electron chi connectivity index (χ3n) is 2.97. The van der Waals surface area contributed by atoms with Gasteiger partial charge in [0, 0.05) is 6.07 Å². The Bertz CT molecular complexity index is 721. The Kier molecular flexibility index (Phi) is 4.58. The van der Waals surface area contributed by atoms with Crippen LogP contribution in [0.4, 0.5) is 22.0 Å². The third kappa shape index (κ3) is 2.73. The standard InChI is InChI=1S/C14H9BF5O2/c1-21-9-4-3-6(16)10(12(9)19)15-11-7(17)5-8(18)14(22-2)13(11)20/h3-5H,1-2H3. The van der Waals surface area contributed by atoms with E-state index in [2.05, 4.69) is 9.47 Å². The van der Waals surface area contributed by atoms with Gasteiger partial charge in [0.25, 0.3) is 0 Å². The molecule has 0 aliphatic carbocycles. The van der Waals surface area contributed by atoms with Crippen molar-refractivity contribution in [3.05, 3.63) is 47.3 Å². The van der Waals surface area contributed by atoms with Gasteiger partial charge in [0.05, 0.1) is 14.2 Å². The molecule has 2 aromatic carbocycles. The molecule has 115 valence electrons. The monoisotopic (exact) mass is 315 g/mol. The van der Waals surface area contributed by atoms with Crippen LogP contribution in [0.3, 0.4) is 0 Å². The Morgan fingerprint density at radius 3 is 2.00 bits per heavy atom. The van der Waals surface area contributed by atoms with Gasteiger partial charge in [-0.3, -0.25) is 0 Å². The number of ether oxygens (including phenoxy) is 2. The third-order valence-corrected chi connectivity index (χ3v) is 2.97. The summed E-state index contributed by atoms with van der Waals surface area (Å²) in [4.78, 5) is 0. The summed E-state index contributed by atoms with van der Waals surface area (Å²) in [7, 11) is 2.72. The predicted octanol–water partition coefficient (Wildman–Crippen LogP) is 2.05. The highest BCUT2D eigenvalue weighted by Gasteiger charge is 2.24. The molecule has 0 aromatic heterocycles. The minimum Gasteiger partial charge on any atom is -0.494 e. The quantitative estimate of drug-likeness (QED) is 0.635. The SMILES string of the molecule is COc1ccc(F)c([B]c2c(F)cc(F)c(OC)c2F)c1F. The first-order chi connectivity index (χ1) is 10.4. The zero-order valence-corrected chi connectivity index (χ0v) is 11.5. The van der Waals surface area contributed by atoms with Crippen LogP contribution >= 0.6 is 0 Å². The normalized spacial score (nSPS) is 10.5. The molecule has 0 bridgehead atoms. The van der Waals surface area contributed by atoms with Crippen LogP contribution < -0.4 is 20.4 Å². The van der Waals surface area contributed by atoms with Gasteiger partial charge in [-0.05, 0) is 23.1 Å². The van der Waals surface area contributed by atoms with Gasteiger partial charge < -0.3 is 9.47 Å². The van der Waals surface area contributed by atoms with E-state index < -0.39 is 45.8 Å². The molecule has 2 aromatic rings. The lowest BCUT2D eigenvalue weighted by atomic mass is 9.62. The molecular weight excluding hydrogens is 306 g/mol. The van der Waals surface area contributed by atoms with E-state index in [0.29, 0.717) is 13.3 Å². The van der Waals surface area contributed by atoms with Crippen LogP contribution in [0.1, 0.15) is 0 Å². The number of benzene rings is 2. The summed E-state index contributed by atoms with van der Waals surface area (Å²) in [5.74, 6) is -7.33. The molecule has 0 fully saturated rings. The van der Waals surface area contributed by atoms with E-state index in [4.69, 9.17) is 0 Å². The highest BCUT2D eigenvalue weighted by Crippen LogP contribution is 2.21. The molecular formula is C14H9BF5O2. The Labute approximate surface area is 123 Å². The van der Waals surface area contributed by atoms with Crippen molar-refractivity contribution in [1.29, 1.82) is 0 Å². The van der Waals surface area contributed by atoms with Crippen LogP contribution in [0.15, 0.2) is 18.2 Å². The molecule has 0 aliphatic heterocycles. The van der Waals surface area contributed by atoms with Gasteiger partial charge in [0.2, 0.25) is 7.28 Å². The Morgan fingerprint density at radius 2 is 1.41 bits per heavy atom. The van der Waals surface area contributed by atoms with Crippen LogP contribution in [0.2, 0.25) is 0 Å². The van der Waals surface area contributed by atoms with Gasteiger partial charge in [-0.2, -0.15) is 0 Å². The summed E-state index contributed by atoms with van der Waals surface area (Å²) in [5, 5.41) is 0. The van der Waals surface area contributed by atoms with E-state index in [1.807, 2.05) is 0 Å². The van der Waals surface area contributed by atoms with Gasteiger partial charge in [0.1, 0.15) is 11.6 Å². The van der Waals surface area contributed by atoms with Crippen LogP contribution in [0, 0.1) is 29.1 Å². The van der Waals surface area contributed by atoms with Crippen molar-refractivity contribution in [1.82, 2.24) is 0 Å². The van der Waals surface area contributed by atoms with Crippen molar-refractivity contribution in [2.24, 2.45) is 0 Å². The Balaban J connectivity index is 2.57. The Hall–Kier alpha value is -2.25. The van der Waals surface area contributed by atoms with Gasteiger partial charge >= 0.3 is 0 Å². The second-order valence-corrected chi connectivity index (χ2v) is 4.22. The zero-order valence-electron chi connectivity index (χ0n) is 11.5. The minimum atomic E-state index is -1.40. The average Bonchev–Trinajstić information content (AvgIpc) is 2.46. The summed E-state index contributed by atoms with van der Waals surface area (Å²) in [6.07, 6.45) is 0. The molecule has 2 rings (SSSR count). The first-order valence-corrected chi connectivity index (χ1v) is 5.99. The molecule has 0 N–H and O–H groups in total. The second kappa shape index (κ2) is 6.25. The largest absolute Gasteiger partial charge is 0.494 e. The summed E-state index contributed by atoms with van der Waals surface area (Å²) < 4.78 is 77.9. The fourth-order valence-electron chi connectivity index (χ4n) is 1.89. The average molecular weight is 315 g/mol. The summed E-state index contributed by atoms with van der Waals surface area (Å²) in [6.45, 7) is 0. The molecule has 0 heterocycles. The highest BCUT2D eigenvalue weighted by molar-refractivity contribution is 6.67. The number of methoxy groups -OCH3 is 2. The molecule has 0 saturated carbocycles.